The first-order valence-electron chi connectivity index (χ1n) is 7.96. The predicted molar refractivity (Wildman–Crippen MR) is 109 cm³/mol. The van der Waals surface area contributed by atoms with Crippen molar-refractivity contribution in [3.05, 3.63) is 44.3 Å². The average molecular weight is 451 g/mol. The van der Waals surface area contributed by atoms with E-state index in [0.29, 0.717) is 0 Å². The van der Waals surface area contributed by atoms with Crippen LogP contribution in [0, 0.1) is 0 Å². The van der Waals surface area contributed by atoms with E-state index in [-0.39, 0.29) is 5.41 Å². The van der Waals surface area contributed by atoms with Crippen LogP contribution in [-0.4, -0.2) is 11.3 Å². The molecule has 0 saturated heterocycles. The Morgan fingerprint density at radius 1 is 0.833 bits per heavy atom. The Hall–Kier alpha value is -1.13. The molecule has 3 aromatic rings. The van der Waals surface area contributed by atoms with Crippen LogP contribution < -0.4 is 0 Å². The van der Waals surface area contributed by atoms with Crippen molar-refractivity contribution in [1.82, 2.24) is 4.98 Å². The summed E-state index contributed by atoms with van der Waals surface area (Å²) in [6.07, 6.45) is 1.01. The summed E-state index contributed by atoms with van der Waals surface area (Å²) in [5, 5.41) is 2.31. The molecule has 0 aliphatic rings. The van der Waals surface area contributed by atoms with Gasteiger partial charge in [0.15, 0.2) is 0 Å². The number of H-pyrrole nitrogens is 1. The third kappa shape index (κ3) is 2.84. The molecule has 3 rings (SSSR count). The van der Waals surface area contributed by atoms with Gasteiger partial charge >= 0.3 is 0 Å². The Balaban J connectivity index is 2.43. The first-order valence-corrected chi connectivity index (χ1v) is 9.55. The minimum absolute atomic E-state index is 0.0667. The number of aromatic nitrogens is 1. The molecular weight excluding hydrogens is 430 g/mol. The van der Waals surface area contributed by atoms with Crippen molar-refractivity contribution in [2.75, 3.05) is 0 Å². The van der Waals surface area contributed by atoms with Gasteiger partial charge in [-0.2, -0.15) is 0 Å². The molecule has 4 heteroatoms. The van der Waals surface area contributed by atoms with Crippen LogP contribution in [0.1, 0.15) is 45.7 Å². The maximum atomic E-state index is 11.5. The number of carbonyl (C=O) groups is 1. The summed E-state index contributed by atoms with van der Waals surface area (Å²) < 4.78 is 2.04. The number of hydrogen-bond donors (Lipinski definition) is 1. The molecule has 0 atom stereocenters. The molecule has 126 valence electrons. The Morgan fingerprint density at radius 2 is 1.29 bits per heavy atom. The molecule has 2 nitrogen and oxygen atoms in total. The van der Waals surface area contributed by atoms with Gasteiger partial charge in [-0.15, -0.1) is 0 Å². The normalized spacial score (nSPS) is 13.0. The summed E-state index contributed by atoms with van der Waals surface area (Å²) in [4.78, 5) is 15.0. The number of aldehydes is 1. The summed E-state index contributed by atoms with van der Waals surface area (Å²) in [7, 11) is 0. The quantitative estimate of drug-likeness (QED) is 0.437. The Morgan fingerprint density at radius 3 is 1.75 bits per heavy atom. The summed E-state index contributed by atoms with van der Waals surface area (Å²) in [5.41, 5.74) is 3.98. The number of fused-ring (bicyclic) bond motifs is 3. The van der Waals surface area contributed by atoms with Gasteiger partial charge in [0.1, 0.15) is 6.29 Å². The molecule has 0 unspecified atom stereocenters. The second kappa shape index (κ2) is 5.70. The molecular formula is C20H21Br2NO. The highest BCUT2D eigenvalue weighted by Crippen LogP contribution is 2.39. The van der Waals surface area contributed by atoms with E-state index >= 15 is 0 Å². The van der Waals surface area contributed by atoms with E-state index < -0.39 is 5.41 Å². The van der Waals surface area contributed by atoms with Gasteiger partial charge in [-0.1, -0.05) is 20.8 Å². The highest BCUT2D eigenvalue weighted by molar-refractivity contribution is 9.11. The second-order valence-corrected chi connectivity index (χ2v) is 9.68. The zero-order chi connectivity index (χ0) is 17.9. The molecule has 0 aliphatic carbocycles. The van der Waals surface area contributed by atoms with Crippen molar-refractivity contribution >= 4 is 60.0 Å². The van der Waals surface area contributed by atoms with Crippen LogP contribution >= 0.6 is 31.9 Å². The van der Waals surface area contributed by atoms with Crippen molar-refractivity contribution in [2.24, 2.45) is 0 Å². The maximum Gasteiger partial charge on any atom is 0.129 e. The second-order valence-electron chi connectivity index (χ2n) is 7.98. The van der Waals surface area contributed by atoms with Gasteiger partial charge in [-0.05, 0) is 86.5 Å². The molecule has 0 aliphatic heterocycles. The predicted octanol–water partition coefficient (Wildman–Crippen LogP) is 6.62. The molecule has 0 spiro atoms. The molecule has 0 fully saturated rings. The minimum atomic E-state index is -0.515. The number of carbonyl (C=O) groups excluding carboxylic acids is 1. The number of aromatic amines is 1. The molecule has 1 N–H and O–H groups in total. The summed E-state index contributed by atoms with van der Waals surface area (Å²) in [5.74, 6) is 0. The average Bonchev–Trinajstić information content (AvgIpc) is 2.86. The third-order valence-electron chi connectivity index (χ3n) is 4.63. The zero-order valence-electron chi connectivity index (χ0n) is 14.6. The van der Waals surface area contributed by atoms with Crippen molar-refractivity contribution in [1.29, 1.82) is 0 Å². The van der Waals surface area contributed by atoms with E-state index in [9.17, 15) is 4.79 Å². The smallest absolute Gasteiger partial charge is 0.129 e. The van der Waals surface area contributed by atoms with E-state index in [4.69, 9.17) is 0 Å². The van der Waals surface area contributed by atoms with Gasteiger partial charge in [-0.3, -0.25) is 0 Å². The minimum Gasteiger partial charge on any atom is -0.353 e. The van der Waals surface area contributed by atoms with Crippen LogP contribution in [-0.2, 0) is 15.6 Å². The molecule has 1 aromatic heterocycles. The monoisotopic (exact) mass is 449 g/mol. The van der Waals surface area contributed by atoms with E-state index in [1.54, 1.807) is 0 Å². The highest BCUT2D eigenvalue weighted by atomic mass is 79.9. The van der Waals surface area contributed by atoms with Crippen LogP contribution in [0.15, 0.2) is 33.2 Å². The van der Waals surface area contributed by atoms with Crippen LogP contribution in [0.4, 0.5) is 0 Å². The van der Waals surface area contributed by atoms with Crippen molar-refractivity contribution < 1.29 is 4.79 Å². The third-order valence-corrected chi connectivity index (χ3v) is 5.88. The fraction of sp³-hybridized carbons (Fsp3) is 0.350. The zero-order valence-corrected chi connectivity index (χ0v) is 17.7. The lowest BCUT2D eigenvalue weighted by Gasteiger charge is -2.20. The van der Waals surface area contributed by atoms with Crippen LogP contribution in [0.2, 0.25) is 0 Å². The number of rotatable bonds is 2. The van der Waals surface area contributed by atoms with Crippen LogP contribution in [0.3, 0.4) is 0 Å². The van der Waals surface area contributed by atoms with Gasteiger partial charge in [0.05, 0.1) is 11.0 Å². The molecule has 0 saturated carbocycles. The Labute approximate surface area is 159 Å². The van der Waals surface area contributed by atoms with Crippen molar-refractivity contribution in [3.8, 4) is 0 Å². The maximum absolute atomic E-state index is 11.5. The lowest BCUT2D eigenvalue weighted by atomic mass is 9.84. The summed E-state index contributed by atoms with van der Waals surface area (Å²) in [6, 6.07) is 8.60. The fourth-order valence-corrected chi connectivity index (χ4v) is 4.01. The van der Waals surface area contributed by atoms with E-state index in [2.05, 4.69) is 75.8 Å². The number of halogens is 2. The number of hydrogen-bond acceptors (Lipinski definition) is 1. The van der Waals surface area contributed by atoms with Gasteiger partial charge in [0.2, 0.25) is 0 Å². The van der Waals surface area contributed by atoms with Gasteiger partial charge in [0, 0.05) is 25.1 Å². The topological polar surface area (TPSA) is 32.9 Å². The van der Waals surface area contributed by atoms with Crippen LogP contribution in [0.5, 0.6) is 0 Å². The van der Waals surface area contributed by atoms with Crippen molar-refractivity contribution in [2.45, 2.75) is 45.4 Å². The summed E-state index contributed by atoms with van der Waals surface area (Å²) in [6.45, 7) is 10.5. The van der Waals surface area contributed by atoms with Gasteiger partial charge in [0.25, 0.3) is 0 Å². The lowest BCUT2D eigenvalue weighted by molar-refractivity contribution is -0.111. The first kappa shape index (κ1) is 17.7. The van der Waals surface area contributed by atoms with Crippen molar-refractivity contribution in [3.63, 3.8) is 0 Å². The summed E-state index contributed by atoms with van der Waals surface area (Å²) >= 11 is 7.38. The largest absolute Gasteiger partial charge is 0.353 e. The number of benzene rings is 2. The number of nitrogens with one attached hydrogen (secondary N) is 1. The molecule has 24 heavy (non-hydrogen) atoms. The molecule has 0 amide bonds. The molecule has 0 radical (unpaired) electrons. The van der Waals surface area contributed by atoms with E-state index in [1.807, 2.05) is 19.9 Å². The lowest BCUT2D eigenvalue weighted by Crippen LogP contribution is -2.18. The van der Waals surface area contributed by atoms with E-state index in [0.717, 1.165) is 37.2 Å². The Kier molecular flexibility index (Phi) is 4.20. The molecule has 1 heterocycles. The first-order chi connectivity index (χ1) is 11.0. The molecule has 2 aromatic carbocycles. The molecule has 0 bridgehead atoms. The fourth-order valence-electron chi connectivity index (χ4n) is 2.89. The van der Waals surface area contributed by atoms with Crippen LogP contribution in [0.25, 0.3) is 21.8 Å². The highest BCUT2D eigenvalue weighted by Gasteiger charge is 2.23. The SMILES string of the molecule is CC(C)(C)c1cc(Br)c2[nH]c3c(Br)cc(C(C)(C)C=O)cc3c2c1. The van der Waals surface area contributed by atoms with E-state index in [1.165, 1.54) is 10.9 Å². The standard InChI is InChI=1S/C20H21Br2NO/c1-19(2,3)11-6-13-14-7-12(20(4,5)10-24)9-16(22)18(14)23-17(13)15(21)8-11/h6-10,23H,1-5H3. The Bertz CT molecular complexity index is 961. The van der Waals surface area contributed by atoms with Gasteiger partial charge in [-0.25, -0.2) is 0 Å². The van der Waals surface area contributed by atoms with Gasteiger partial charge < -0.3 is 9.78 Å².